The van der Waals surface area contributed by atoms with Gasteiger partial charge < -0.3 is 10.2 Å². The standard InChI is InChI=1S/C5H6O4/c6-4(7)2-1-3(2)5(8)9/h2-3H,1H2,(H,6,7)(H,8,9)/t2-,3-/m1/s1. The van der Waals surface area contributed by atoms with Crippen LogP contribution in [0.4, 0.5) is 0 Å². The molecule has 0 aromatic heterocycles. The lowest BCUT2D eigenvalue weighted by Crippen LogP contribution is -2.05. The van der Waals surface area contributed by atoms with Crippen molar-refractivity contribution in [3.63, 3.8) is 0 Å². The predicted octanol–water partition coefficient (Wildman–Crippen LogP) is -0.208. The Bertz CT molecular complexity index is 144. The van der Waals surface area contributed by atoms with E-state index in [1.54, 1.807) is 0 Å². The van der Waals surface area contributed by atoms with Gasteiger partial charge in [-0.05, 0) is 6.42 Å². The third kappa shape index (κ3) is 1.01. The highest BCUT2D eigenvalue weighted by Crippen LogP contribution is 2.38. The van der Waals surface area contributed by atoms with Gasteiger partial charge in [0.2, 0.25) is 0 Å². The van der Waals surface area contributed by atoms with Crippen molar-refractivity contribution in [2.24, 2.45) is 11.8 Å². The SMILES string of the molecule is O=C(O)[C@@H]1C[C@H]1C(=O)O. The summed E-state index contributed by atoms with van der Waals surface area (Å²) in [6, 6.07) is 0. The van der Waals surface area contributed by atoms with E-state index in [-0.39, 0.29) is 0 Å². The summed E-state index contributed by atoms with van der Waals surface area (Å²) in [6.45, 7) is 0. The van der Waals surface area contributed by atoms with E-state index in [1.165, 1.54) is 0 Å². The van der Waals surface area contributed by atoms with Crippen molar-refractivity contribution in [3.8, 4) is 0 Å². The van der Waals surface area contributed by atoms with Crippen LogP contribution in [0.2, 0.25) is 0 Å². The minimum Gasteiger partial charge on any atom is -0.481 e. The van der Waals surface area contributed by atoms with E-state index in [2.05, 4.69) is 0 Å². The Balaban J connectivity index is 2.42. The van der Waals surface area contributed by atoms with Gasteiger partial charge in [0, 0.05) is 0 Å². The Kier molecular flexibility index (Phi) is 1.16. The second-order valence-corrected chi connectivity index (χ2v) is 2.13. The second kappa shape index (κ2) is 1.72. The fourth-order valence-corrected chi connectivity index (χ4v) is 0.741. The molecule has 1 rings (SSSR count). The Morgan fingerprint density at radius 2 is 1.44 bits per heavy atom. The highest BCUT2D eigenvalue weighted by molar-refractivity contribution is 5.85. The smallest absolute Gasteiger partial charge is 0.307 e. The third-order valence-electron chi connectivity index (χ3n) is 1.42. The molecular weight excluding hydrogens is 124 g/mol. The normalized spacial score (nSPS) is 31.6. The fourth-order valence-electron chi connectivity index (χ4n) is 0.741. The number of carboxylic acids is 2. The van der Waals surface area contributed by atoms with Crippen LogP contribution in [-0.4, -0.2) is 22.2 Å². The number of carbonyl (C=O) groups is 2. The molecule has 0 unspecified atom stereocenters. The molecule has 4 heteroatoms. The summed E-state index contributed by atoms with van der Waals surface area (Å²) in [4.78, 5) is 20.0. The molecule has 50 valence electrons. The number of hydrogen-bond donors (Lipinski definition) is 2. The van der Waals surface area contributed by atoms with E-state index >= 15 is 0 Å². The molecule has 0 aromatic rings. The molecule has 2 N–H and O–H groups in total. The lowest BCUT2D eigenvalue weighted by atomic mass is 10.3. The van der Waals surface area contributed by atoms with E-state index in [0.29, 0.717) is 6.42 Å². The largest absolute Gasteiger partial charge is 0.481 e. The van der Waals surface area contributed by atoms with Gasteiger partial charge in [0.1, 0.15) is 0 Å². The molecule has 0 aromatic carbocycles. The number of hydrogen-bond acceptors (Lipinski definition) is 2. The first kappa shape index (κ1) is 6.07. The quantitative estimate of drug-likeness (QED) is 0.542. The highest BCUT2D eigenvalue weighted by atomic mass is 16.4. The molecule has 0 radical (unpaired) electrons. The Morgan fingerprint density at radius 3 is 1.56 bits per heavy atom. The zero-order chi connectivity index (χ0) is 7.02. The molecule has 0 heterocycles. The van der Waals surface area contributed by atoms with Gasteiger partial charge in [0.25, 0.3) is 0 Å². The van der Waals surface area contributed by atoms with Crippen molar-refractivity contribution >= 4 is 11.9 Å². The summed E-state index contributed by atoms with van der Waals surface area (Å²) in [5, 5.41) is 16.4. The lowest BCUT2D eigenvalue weighted by molar-refractivity contribution is -0.144. The van der Waals surface area contributed by atoms with Crippen molar-refractivity contribution in [1.82, 2.24) is 0 Å². The molecule has 2 atom stereocenters. The van der Waals surface area contributed by atoms with Gasteiger partial charge in [0.15, 0.2) is 0 Å². The molecule has 9 heavy (non-hydrogen) atoms. The van der Waals surface area contributed by atoms with Gasteiger partial charge in [-0.15, -0.1) is 0 Å². The summed E-state index contributed by atoms with van der Waals surface area (Å²) < 4.78 is 0. The first-order valence-corrected chi connectivity index (χ1v) is 2.58. The Morgan fingerprint density at radius 1 is 1.11 bits per heavy atom. The monoisotopic (exact) mass is 130 g/mol. The molecule has 0 saturated heterocycles. The summed E-state index contributed by atoms with van der Waals surface area (Å²) in [6.07, 6.45) is 0.296. The number of carboxylic acid groups (broad SMARTS) is 2. The van der Waals surface area contributed by atoms with Gasteiger partial charge in [0.05, 0.1) is 11.8 Å². The number of rotatable bonds is 2. The Hall–Kier alpha value is -1.06. The Labute approximate surface area is 51.1 Å². The van der Waals surface area contributed by atoms with Crippen LogP contribution in [0.15, 0.2) is 0 Å². The molecular formula is C5H6O4. The average molecular weight is 130 g/mol. The van der Waals surface area contributed by atoms with Gasteiger partial charge >= 0.3 is 11.9 Å². The molecule has 1 aliphatic rings. The van der Waals surface area contributed by atoms with Crippen LogP contribution in [0.25, 0.3) is 0 Å². The highest BCUT2D eigenvalue weighted by Gasteiger charge is 2.48. The number of aliphatic carboxylic acids is 2. The topological polar surface area (TPSA) is 74.6 Å². The molecule has 0 bridgehead atoms. The molecule has 4 nitrogen and oxygen atoms in total. The van der Waals surface area contributed by atoms with Crippen LogP contribution in [0, 0.1) is 11.8 Å². The van der Waals surface area contributed by atoms with Gasteiger partial charge in [-0.3, -0.25) is 9.59 Å². The third-order valence-corrected chi connectivity index (χ3v) is 1.42. The zero-order valence-corrected chi connectivity index (χ0v) is 4.57. The molecule has 0 amide bonds. The van der Waals surface area contributed by atoms with E-state index in [1.807, 2.05) is 0 Å². The van der Waals surface area contributed by atoms with E-state index in [0.717, 1.165) is 0 Å². The maximum absolute atomic E-state index is 10.0. The molecule has 0 aliphatic heterocycles. The first-order chi connectivity index (χ1) is 4.13. The fraction of sp³-hybridized carbons (Fsp3) is 0.600. The van der Waals surface area contributed by atoms with Crippen molar-refractivity contribution < 1.29 is 19.8 Å². The van der Waals surface area contributed by atoms with Crippen LogP contribution >= 0.6 is 0 Å². The van der Waals surface area contributed by atoms with Crippen LogP contribution in [0.1, 0.15) is 6.42 Å². The zero-order valence-electron chi connectivity index (χ0n) is 4.57. The molecule has 1 aliphatic carbocycles. The minimum atomic E-state index is -0.998. The first-order valence-electron chi connectivity index (χ1n) is 2.58. The molecule has 0 spiro atoms. The summed E-state index contributed by atoms with van der Waals surface area (Å²) in [5.74, 6) is -3.24. The van der Waals surface area contributed by atoms with Crippen LogP contribution < -0.4 is 0 Å². The van der Waals surface area contributed by atoms with Gasteiger partial charge in [-0.1, -0.05) is 0 Å². The average Bonchev–Trinajstić information content (AvgIpc) is 2.39. The lowest BCUT2D eigenvalue weighted by Gasteiger charge is -1.84. The van der Waals surface area contributed by atoms with Crippen LogP contribution in [0.3, 0.4) is 0 Å². The minimum absolute atomic E-state index is 0.296. The molecule has 1 saturated carbocycles. The van der Waals surface area contributed by atoms with Crippen molar-refractivity contribution in [1.29, 1.82) is 0 Å². The van der Waals surface area contributed by atoms with Crippen LogP contribution in [-0.2, 0) is 9.59 Å². The van der Waals surface area contributed by atoms with Crippen molar-refractivity contribution in [2.45, 2.75) is 6.42 Å². The van der Waals surface area contributed by atoms with Crippen molar-refractivity contribution in [3.05, 3.63) is 0 Å². The second-order valence-electron chi connectivity index (χ2n) is 2.13. The summed E-state index contributed by atoms with van der Waals surface area (Å²) in [5.41, 5.74) is 0. The molecule has 1 fully saturated rings. The van der Waals surface area contributed by atoms with E-state index in [9.17, 15) is 9.59 Å². The van der Waals surface area contributed by atoms with E-state index < -0.39 is 23.8 Å². The van der Waals surface area contributed by atoms with Gasteiger partial charge in [-0.2, -0.15) is 0 Å². The maximum atomic E-state index is 10.0. The van der Waals surface area contributed by atoms with Crippen LogP contribution in [0.5, 0.6) is 0 Å². The maximum Gasteiger partial charge on any atom is 0.307 e. The van der Waals surface area contributed by atoms with E-state index in [4.69, 9.17) is 10.2 Å². The summed E-state index contributed by atoms with van der Waals surface area (Å²) >= 11 is 0. The van der Waals surface area contributed by atoms with Gasteiger partial charge in [-0.25, -0.2) is 0 Å². The summed E-state index contributed by atoms with van der Waals surface area (Å²) in [7, 11) is 0. The van der Waals surface area contributed by atoms with Crippen molar-refractivity contribution in [2.75, 3.05) is 0 Å². The predicted molar refractivity (Wildman–Crippen MR) is 26.9 cm³/mol.